The molecule has 0 aliphatic heterocycles. The largest absolute Gasteiger partial charge is 1.00 e. The van der Waals surface area contributed by atoms with Gasteiger partial charge in [-0.25, -0.2) is 14.8 Å². The molecule has 0 fully saturated rings. The number of quaternary nitrogens is 1. The summed E-state index contributed by atoms with van der Waals surface area (Å²) in [7, 11) is 0. The molecule has 2 atom stereocenters. The van der Waals surface area contributed by atoms with Crippen LogP contribution in [0.5, 0.6) is 0 Å². The Hall–Kier alpha value is -4.39. The van der Waals surface area contributed by atoms with Crippen molar-refractivity contribution in [3.8, 4) is 19.8 Å². The number of nitro benzene ring substituents is 2. The number of thiophene rings is 2. The van der Waals surface area contributed by atoms with E-state index in [1.807, 2.05) is 39.7 Å². The lowest BCUT2D eigenvalue weighted by Crippen LogP contribution is -3.00. The molecule has 6 rings (SSSR count). The molecule has 1 amide bonds. The lowest BCUT2D eigenvalue weighted by Gasteiger charge is -2.23. The maximum atomic E-state index is 12.4. The number of nitrogens with one attached hydrogen (secondary N) is 1. The first-order valence-electron chi connectivity index (χ1n) is 15.6. The van der Waals surface area contributed by atoms with E-state index >= 15 is 0 Å². The monoisotopic (exact) mass is 842 g/mol. The standard InChI is InChI=1S/C20H21N3O4S2.C15H13N3O2S2.BrH/c1-20(2,3)27-19(24)22-15(11-13-6-8-14(9-7-13)23(25)26)16-12-29-18(21-16)17-5-4-10-28-17;16-12(8-10-3-5-11(6-4-10)18(19)20)13-9-22-15(17-13)14-2-1-7-21-14;/h4-10,12,15H,11H2,1-3H3,(H,22,24);1-7,9,12H,8,16H2;1H/t15-;12-;/m00./s1. The van der Waals surface area contributed by atoms with Crippen molar-refractivity contribution in [1.29, 1.82) is 0 Å². The fourth-order valence-corrected chi connectivity index (χ4v) is 8.16. The summed E-state index contributed by atoms with van der Waals surface area (Å²) in [6, 6.07) is 20.6. The zero-order valence-corrected chi connectivity index (χ0v) is 33.1. The number of benzene rings is 2. The summed E-state index contributed by atoms with van der Waals surface area (Å²) in [4.78, 5) is 44.6. The van der Waals surface area contributed by atoms with E-state index in [0.29, 0.717) is 12.8 Å². The van der Waals surface area contributed by atoms with Gasteiger partial charge in [0.2, 0.25) is 0 Å². The first kappa shape index (κ1) is 40.4. The number of thiazole rings is 2. The topological polar surface area (TPSA) is 178 Å². The van der Waals surface area contributed by atoms with E-state index in [1.54, 1.807) is 79.0 Å². The summed E-state index contributed by atoms with van der Waals surface area (Å²) < 4.78 is 5.40. The van der Waals surface area contributed by atoms with Gasteiger partial charge in [0.25, 0.3) is 11.4 Å². The number of alkyl carbamates (subject to hydrolysis) is 1. The number of nitrogens with zero attached hydrogens (tertiary/aromatic N) is 4. The molecule has 4 aromatic heterocycles. The Morgan fingerprint density at radius 3 is 1.67 bits per heavy atom. The van der Waals surface area contributed by atoms with Crippen molar-refractivity contribution < 1.29 is 42.1 Å². The highest BCUT2D eigenvalue weighted by atomic mass is 79.9. The summed E-state index contributed by atoms with van der Waals surface area (Å²) in [5.41, 5.74) is 7.25. The second kappa shape index (κ2) is 18.4. The number of ether oxygens (including phenoxy) is 1. The van der Waals surface area contributed by atoms with Crippen molar-refractivity contribution in [2.75, 3.05) is 0 Å². The first-order valence-corrected chi connectivity index (χ1v) is 19.1. The van der Waals surface area contributed by atoms with E-state index in [4.69, 9.17) is 9.72 Å². The SMILES string of the molecule is CC(C)(C)OC(=O)N[C@@H](Cc1ccc([N+](=O)[O-])cc1)c1csc(-c2cccs2)n1.[Br-].[NH3+][C@@H](Cc1ccc([N+](=O)[O-])cc1)c1csc(-c2cccs2)n1. The minimum Gasteiger partial charge on any atom is -1.00 e. The Bertz CT molecular complexity index is 2040. The summed E-state index contributed by atoms with van der Waals surface area (Å²) in [5, 5.41) is 34.3. The molecule has 12 nitrogen and oxygen atoms in total. The van der Waals surface area contributed by atoms with Gasteiger partial charge in [0.15, 0.2) is 0 Å². The molecular formula is C35H35BrN6O6S4. The lowest BCUT2D eigenvalue weighted by atomic mass is 10.0. The number of rotatable bonds is 11. The molecule has 0 saturated carbocycles. The van der Waals surface area contributed by atoms with Gasteiger partial charge in [0.05, 0.1) is 31.3 Å². The smallest absolute Gasteiger partial charge is 0.408 e. The van der Waals surface area contributed by atoms with Crippen LogP contribution in [0.3, 0.4) is 0 Å². The van der Waals surface area contributed by atoms with Gasteiger partial charge in [0, 0.05) is 41.4 Å². The van der Waals surface area contributed by atoms with Crippen LogP contribution in [0.25, 0.3) is 19.8 Å². The van der Waals surface area contributed by atoms with Crippen LogP contribution in [-0.4, -0.2) is 31.5 Å². The van der Waals surface area contributed by atoms with Crippen molar-refractivity contribution in [3.63, 3.8) is 0 Å². The summed E-state index contributed by atoms with van der Waals surface area (Å²) in [6.07, 6.45) is 0.617. The van der Waals surface area contributed by atoms with E-state index in [1.165, 1.54) is 40.5 Å². The average Bonchev–Trinajstić information content (AvgIpc) is 3.91. The van der Waals surface area contributed by atoms with Gasteiger partial charge in [-0.05, 0) is 61.2 Å². The molecule has 17 heteroatoms. The Morgan fingerprint density at radius 1 is 0.769 bits per heavy atom. The van der Waals surface area contributed by atoms with Gasteiger partial charge in [-0.1, -0.05) is 36.4 Å². The van der Waals surface area contributed by atoms with Crippen LogP contribution in [0.1, 0.15) is 55.4 Å². The highest BCUT2D eigenvalue weighted by Gasteiger charge is 2.24. The minimum atomic E-state index is -0.619. The van der Waals surface area contributed by atoms with Gasteiger partial charge in [-0.3, -0.25) is 20.2 Å². The molecular weight excluding hydrogens is 809 g/mol. The molecule has 6 aromatic rings. The van der Waals surface area contributed by atoms with Crippen LogP contribution in [0.4, 0.5) is 16.2 Å². The third-order valence-electron chi connectivity index (χ3n) is 7.19. The number of aromatic nitrogens is 2. The van der Waals surface area contributed by atoms with Crippen LogP contribution in [0.2, 0.25) is 0 Å². The molecule has 0 saturated heterocycles. The average molecular weight is 844 g/mol. The molecule has 52 heavy (non-hydrogen) atoms. The fourth-order valence-electron chi connectivity index (χ4n) is 4.76. The summed E-state index contributed by atoms with van der Waals surface area (Å²) in [6.45, 7) is 5.40. The van der Waals surface area contributed by atoms with Crippen LogP contribution < -0.4 is 28.0 Å². The molecule has 0 unspecified atom stereocenters. The Labute approximate surface area is 326 Å². The molecule has 0 bridgehead atoms. The number of nitro groups is 2. The Kier molecular flexibility index (Phi) is 14.3. The van der Waals surface area contributed by atoms with Gasteiger partial charge in [0.1, 0.15) is 27.4 Å². The molecule has 4 heterocycles. The normalized spacial score (nSPS) is 12.1. The Balaban J connectivity index is 0.000000236. The maximum absolute atomic E-state index is 12.4. The molecule has 0 radical (unpaired) electrons. The second-order valence-electron chi connectivity index (χ2n) is 12.3. The van der Waals surface area contributed by atoms with Gasteiger partial charge >= 0.3 is 6.09 Å². The predicted octanol–water partition coefficient (Wildman–Crippen LogP) is 5.90. The third-order valence-corrected chi connectivity index (χ3v) is 11.0. The summed E-state index contributed by atoms with van der Waals surface area (Å²) in [5.74, 6) is 0. The molecule has 0 aliphatic carbocycles. The van der Waals surface area contributed by atoms with E-state index < -0.39 is 22.7 Å². The molecule has 0 aliphatic rings. The van der Waals surface area contributed by atoms with Gasteiger partial charge in [-0.2, -0.15) is 0 Å². The number of halogens is 1. The molecule has 2 aromatic carbocycles. The quantitative estimate of drug-likeness (QED) is 0.120. The third kappa shape index (κ3) is 11.6. The van der Waals surface area contributed by atoms with E-state index in [9.17, 15) is 25.0 Å². The highest BCUT2D eigenvalue weighted by molar-refractivity contribution is 7.20. The lowest BCUT2D eigenvalue weighted by molar-refractivity contribution is -0.427. The number of hydrogen-bond acceptors (Lipinski definition) is 12. The highest BCUT2D eigenvalue weighted by Crippen LogP contribution is 2.32. The van der Waals surface area contributed by atoms with E-state index in [2.05, 4.69) is 22.1 Å². The van der Waals surface area contributed by atoms with E-state index in [0.717, 1.165) is 37.4 Å². The van der Waals surface area contributed by atoms with Gasteiger partial charge in [-0.15, -0.1) is 45.3 Å². The van der Waals surface area contributed by atoms with Crippen LogP contribution in [0, 0.1) is 20.2 Å². The van der Waals surface area contributed by atoms with E-state index in [-0.39, 0.29) is 39.3 Å². The van der Waals surface area contributed by atoms with Crippen molar-refractivity contribution in [1.82, 2.24) is 15.3 Å². The molecule has 0 spiro atoms. The number of hydrogen-bond donors (Lipinski definition) is 2. The fraction of sp³-hybridized carbons (Fsp3) is 0.229. The van der Waals surface area contributed by atoms with Crippen molar-refractivity contribution in [3.05, 3.63) is 137 Å². The van der Waals surface area contributed by atoms with Crippen LogP contribution in [-0.2, 0) is 17.6 Å². The number of amides is 1. The summed E-state index contributed by atoms with van der Waals surface area (Å²) >= 11 is 6.41. The second-order valence-corrected chi connectivity index (χ2v) is 15.9. The van der Waals surface area contributed by atoms with Crippen LogP contribution >= 0.6 is 45.3 Å². The predicted molar refractivity (Wildman–Crippen MR) is 202 cm³/mol. The van der Waals surface area contributed by atoms with Gasteiger partial charge < -0.3 is 32.8 Å². The maximum Gasteiger partial charge on any atom is 0.408 e. The number of carbonyl (C=O) groups excluding carboxylic acids is 1. The number of non-ortho nitro benzene ring substituents is 2. The minimum absolute atomic E-state index is 0. The number of carbonyl (C=O) groups is 1. The van der Waals surface area contributed by atoms with Crippen molar-refractivity contribution >= 4 is 62.8 Å². The molecule has 4 N–H and O–H groups in total. The van der Waals surface area contributed by atoms with Crippen molar-refractivity contribution in [2.45, 2.75) is 51.3 Å². The Morgan fingerprint density at radius 2 is 1.23 bits per heavy atom. The first-order chi connectivity index (χ1) is 24.3. The zero-order chi connectivity index (χ0) is 36.5. The van der Waals surface area contributed by atoms with Crippen molar-refractivity contribution in [2.24, 2.45) is 0 Å². The molecule has 272 valence electrons. The van der Waals surface area contributed by atoms with Crippen LogP contribution in [0.15, 0.2) is 94.3 Å². The zero-order valence-electron chi connectivity index (χ0n) is 28.3.